The van der Waals surface area contributed by atoms with E-state index in [1.165, 1.54) is 30.7 Å². The van der Waals surface area contributed by atoms with Gasteiger partial charge in [0.1, 0.15) is 5.82 Å². The number of hydrogen-bond acceptors (Lipinski definition) is 7. The van der Waals surface area contributed by atoms with Crippen LogP contribution >= 0.6 is 0 Å². The lowest BCUT2D eigenvalue weighted by Gasteiger charge is -2.27. The van der Waals surface area contributed by atoms with Gasteiger partial charge in [-0.3, -0.25) is 4.79 Å². The SMILES string of the molecule is O=C(Nc1ccc(N2CCCCC2)nc1)c1ccc(S(=O)(=O)N[C@H]2CCS(=O)(=O)C2)cc1. The van der Waals surface area contributed by atoms with Crippen LogP contribution in [0.1, 0.15) is 36.0 Å². The highest BCUT2D eigenvalue weighted by molar-refractivity contribution is 7.92. The highest BCUT2D eigenvalue weighted by Crippen LogP contribution is 2.20. The summed E-state index contributed by atoms with van der Waals surface area (Å²) in [4.78, 5) is 19.2. The van der Waals surface area contributed by atoms with Crippen molar-refractivity contribution in [2.75, 3.05) is 34.8 Å². The van der Waals surface area contributed by atoms with Crippen LogP contribution in [0.2, 0.25) is 0 Å². The maximum absolute atomic E-state index is 12.5. The van der Waals surface area contributed by atoms with E-state index in [0.717, 1.165) is 31.7 Å². The van der Waals surface area contributed by atoms with Crippen molar-refractivity contribution in [3.8, 4) is 0 Å². The van der Waals surface area contributed by atoms with Gasteiger partial charge in [0.05, 0.1) is 28.3 Å². The van der Waals surface area contributed by atoms with Gasteiger partial charge in [0.25, 0.3) is 5.91 Å². The van der Waals surface area contributed by atoms with E-state index in [2.05, 4.69) is 19.9 Å². The van der Waals surface area contributed by atoms with Gasteiger partial charge in [-0.1, -0.05) is 0 Å². The Morgan fingerprint density at radius 2 is 1.75 bits per heavy atom. The molecule has 2 aliphatic heterocycles. The van der Waals surface area contributed by atoms with Crippen molar-refractivity contribution in [1.29, 1.82) is 0 Å². The van der Waals surface area contributed by atoms with E-state index in [-0.39, 0.29) is 28.7 Å². The molecular weight excluding hydrogens is 452 g/mol. The fourth-order valence-electron chi connectivity index (χ4n) is 3.93. The molecule has 0 unspecified atom stereocenters. The lowest BCUT2D eigenvalue weighted by atomic mass is 10.1. The second-order valence-corrected chi connectivity index (χ2v) is 12.1. The largest absolute Gasteiger partial charge is 0.357 e. The van der Waals surface area contributed by atoms with Crippen LogP contribution in [-0.2, 0) is 19.9 Å². The van der Waals surface area contributed by atoms with Gasteiger partial charge in [-0.15, -0.1) is 0 Å². The smallest absolute Gasteiger partial charge is 0.255 e. The maximum Gasteiger partial charge on any atom is 0.255 e. The molecule has 2 aromatic rings. The molecule has 0 aliphatic carbocycles. The molecule has 9 nitrogen and oxygen atoms in total. The summed E-state index contributed by atoms with van der Waals surface area (Å²) in [6.45, 7) is 1.97. The molecule has 3 heterocycles. The summed E-state index contributed by atoms with van der Waals surface area (Å²) in [5, 5.41) is 2.76. The molecule has 32 heavy (non-hydrogen) atoms. The summed E-state index contributed by atoms with van der Waals surface area (Å²) in [7, 11) is -7.07. The number of piperidine rings is 1. The van der Waals surface area contributed by atoms with Crippen molar-refractivity contribution < 1.29 is 21.6 Å². The molecule has 2 fully saturated rings. The molecule has 0 radical (unpaired) electrons. The molecular formula is C21H26N4O5S2. The highest BCUT2D eigenvalue weighted by Gasteiger charge is 2.31. The number of aromatic nitrogens is 1. The second kappa shape index (κ2) is 9.16. The third-order valence-corrected chi connectivity index (χ3v) is 8.97. The van der Waals surface area contributed by atoms with E-state index in [1.54, 1.807) is 12.3 Å². The number of rotatable bonds is 6. The van der Waals surface area contributed by atoms with E-state index in [1.807, 2.05) is 6.07 Å². The second-order valence-electron chi connectivity index (χ2n) is 8.15. The molecule has 0 saturated carbocycles. The molecule has 0 bridgehead atoms. The Morgan fingerprint density at radius 3 is 2.34 bits per heavy atom. The lowest BCUT2D eigenvalue weighted by molar-refractivity contribution is 0.102. The minimum absolute atomic E-state index is 0.0207. The zero-order valence-corrected chi connectivity index (χ0v) is 19.2. The molecule has 2 N–H and O–H groups in total. The van der Waals surface area contributed by atoms with Crippen LogP contribution < -0.4 is 14.9 Å². The van der Waals surface area contributed by atoms with Crippen molar-refractivity contribution in [3.63, 3.8) is 0 Å². The van der Waals surface area contributed by atoms with Gasteiger partial charge in [-0.05, 0) is 62.1 Å². The van der Waals surface area contributed by atoms with Crippen LogP contribution in [0.25, 0.3) is 0 Å². The summed E-state index contributed by atoms with van der Waals surface area (Å²) in [5.74, 6) is 0.293. The third kappa shape index (κ3) is 5.45. The Kier molecular flexibility index (Phi) is 6.50. The number of nitrogens with one attached hydrogen (secondary N) is 2. The topological polar surface area (TPSA) is 126 Å². The number of pyridine rings is 1. The summed E-state index contributed by atoms with van der Waals surface area (Å²) >= 11 is 0. The van der Waals surface area contributed by atoms with Crippen LogP contribution in [0, 0.1) is 0 Å². The molecule has 11 heteroatoms. The summed E-state index contributed by atoms with van der Waals surface area (Å²) in [6, 6.07) is 8.55. The van der Waals surface area contributed by atoms with Gasteiger partial charge >= 0.3 is 0 Å². The number of carbonyl (C=O) groups excluding carboxylic acids is 1. The minimum atomic E-state index is -3.87. The maximum atomic E-state index is 12.5. The summed E-state index contributed by atoms with van der Waals surface area (Å²) in [6.07, 6.45) is 5.42. The van der Waals surface area contributed by atoms with Crippen molar-refractivity contribution in [1.82, 2.24) is 9.71 Å². The number of nitrogens with zero attached hydrogens (tertiary/aromatic N) is 2. The van der Waals surface area contributed by atoms with Gasteiger partial charge in [0.15, 0.2) is 9.84 Å². The standard InChI is InChI=1S/C21H26N4O5S2/c26-21(23-17-6-9-20(22-14-17)25-11-2-1-3-12-25)16-4-7-19(8-5-16)32(29,30)24-18-10-13-31(27,28)15-18/h4-9,14,18,24H,1-3,10-13,15H2,(H,23,26)/t18-/m0/s1. The number of amides is 1. The third-order valence-electron chi connectivity index (χ3n) is 5.67. The Labute approximate surface area is 188 Å². The number of sulfone groups is 1. The lowest BCUT2D eigenvalue weighted by Crippen LogP contribution is -2.35. The van der Waals surface area contributed by atoms with E-state index < -0.39 is 25.9 Å². The van der Waals surface area contributed by atoms with Gasteiger partial charge in [0, 0.05) is 24.7 Å². The molecule has 1 aromatic heterocycles. The number of sulfonamides is 1. The first kappa shape index (κ1) is 22.7. The van der Waals surface area contributed by atoms with Crippen molar-refractivity contribution in [2.24, 2.45) is 0 Å². The first-order valence-corrected chi connectivity index (χ1v) is 13.9. The first-order chi connectivity index (χ1) is 15.2. The van der Waals surface area contributed by atoms with Crippen LogP contribution in [0.5, 0.6) is 0 Å². The molecule has 2 aliphatic rings. The fraction of sp³-hybridized carbons (Fsp3) is 0.429. The summed E-state index contributed by atoms with van der Waals surface area (Å²) in [5.41, 5.74) is 0.851. The van der Waals surface area contributed by atoms with Gasteiger partial charge in [0.2, 0.25) is 10.0 Å². The van der Waals surface area contributed by atoms with Crippen LogP contribution in [0.3, 0.4) is 0 Å². The van der Waals surface area contributed by atoms with Crippen molar-refractivity contribution >= 4 is 37.3 Å². The Morgan fingerprint density at radius 1 is 1.03 bits per heavy atom. The fourth-order valence-corrected chi connectivity index (χ4v) is 6.98. The minimum Gasteiger partial charge on any atom is -0.357 e. The predicted octanol–water partition coefficient (Wildman–Crippen LogP) is 1.79. The molecule has 1 amide bonds. The molecule has 1 atom stereocenters. The zero-order chi connectivity index (χ0) is 22.8. The normalized spacial score (nSPS) is 20.8. The zero-order valence-electron chi connectivity index (χ0n) is 17.5. The van der Waals surface area contributed by atoms with E-state index >= 15 is 0 Å². The van der Waals surface area contributed by atoms with Crippen LogP contribution in [0.15, 0.2) is 47.5 Å². The van der Waals surface area contributed by atoms with Gasteiger partial charge < -0.3 is 10.2 Å². The first-order valence-electron chi connectivity index (χ1n) is 10.6. The monoisotopic (exact) mass is 478 g/mol. The van der Waals surface area contributed by atoms with Crippen LogP contribution in [0.4, 0.5) is 11.5 Å². The van der Waals surface area contributed by atoms with Gasteiger partial charge in [-0.25, -0.2) is 26.5 Å². The number of anilines is 2. The molecule has 172 valence electrons. The van der Waals surface area contributed by atoms with E-state index in [4.69, 9.17) is 0 Å². The van der Waals surface area contributed by atoms with Crippen molar-refractivity contribution in [2.45, 2.75) is 36.6 Å². The number of benzene rings is 1. The number of hydrogen-bond donors (Lipinski definition) is 2. The quantitative estimate of drug-likeness (QED) is 0.648. The Hall–Kier alpha value is -2.50. The molecule has 1 aromatic carbocycles. The average Bonchev–Trinajstić information content (AvgIpc) is 3.12. The van der Waals surface area contributed by atoms with Gasteiger partial charge in [-0.2, -0.15) is 0 Å². The van der Waals surface area contributed by atoms with E-state index in [0.29, 0.717) is 11.3 Å². The van der Waals surface area contributed by atoms with Crippen LogP contribution in [-0.4, -0.2) is 58.4 Å². The van der Waals surface area contributed by atoms with Crippen molar-refractivity contribution in [3.05, 3.63) is 48.2 Å². The van der Waals surface area contributed by atoms with E-state index in [9.17, 15) is 21.6 Å². The average molecular weight is 479 g/mol. The molecule has 2 saturated heterocycles. The molecule has 4 rings (SSSR count). The summed E-state index contributed by atoms with van der Waals surface area (Å²) < 4.78 is 50.6. The highest BCUT2D eigenvalue weighted by atomic mass is 32.2. The Balaban J connectivity index is 1.37. The Bertz CT molecular complexity index is 1170. The number of carbonyl (C=O) groups is 1. The molecule has 0 spiro atoms. The predicted molar refractivity (Wildman–Crippen MR) is 122 cm³/mol.